The highest BCUT2D eigenvalue weighted by Gasteiger charge is 2.22. The molecule has 28 heavy (non-hydrogen) atoms. The van der Waals surface area contributed by atoms with E-state index >= 15 is 0 Å². The van der Waals surface area contributed by atoms with Gasteiger partial charge in [0.1, 0.15) is 0 Å². The first-order valence-corrected chi connectivity index (χ1v) is 9.90. The Morgan fingerprint density at radius 2 is 1.61 bits per heavy atom. The molecule has 2 aromatic carbocycles. The molecule has 2 amide bonds. The lowest BCUT2D eigenvalue weighted by atomic mass is 10.1. The van der Waals surface area contributed by atoms with Gasteiger partial charge in [-0.15, -0.1) is 0 Å². The Labute approximate surface area is 174 Å². The summed E-state index contributed by atoms with van der Waals surface area (Å²) in [6, 6.07) is 12.0. The van der Waals surface area contributed by atoms with Gasteiger partial charge < -0.3 is 5.32 Å². The first kappa shape index (κ1) is 20.4. The van der Waals surface area contributed by atoms with Crippen LogP contribution in [0.15, 0.2) is 47.6 Å². The van der Waals surface area contributed by atoms with Crippen molar-refractivity contribution in [3.8, 4) is 0 Å². The van der Waals surface area contributed by atoms with Crippen molar-refractivity contribution >= 4 is 46.4 Å². The molecule has 0 heterocycles. The van der Waals surface area contributed by atoms with Crippen LogP contribution in [0.25, 0.3) is 0 Å². The molecular formula is C21H21Cl2N3O2. The van der Waals surface area contributed by atoms with Gasteiger partial charge in [-0.1, -0.05) is 48.2 Å². The van der Waals surface area contributed by atoms with Gasteiger partial charge in [0, 0.05) is 17.2 Å². The molecule has 0 spiro atoms. The zero-order chi connectivity index (χ0) is 20.1. The van der Waals surface area contributed by atoms with Crippen molar-refractivity contribution in [2.75, 3.05) is 5.32 Å². The summed E-state index contributed by atoms with van der Waals surface area (Å²) >= 11 is 11.8. The normalized spacial score (nSPS) is 14.8. The van der Waals surface area contributed by atoms with E-state index in [1.54, 1.807) is 19.1 Å². The van der Waals surface area contributed by atoms with Gasteiger partial charge in [-0.25, -0.2) is 5.43 Å². The summed E-state index contributed by atoms with van der Waals surface area (Å²) in [5.41, 5.74) is 5.12. The molecule has 1 aliphatic carbocycles. The minimum absolute atomic E-state index is 0.0875. The third-order valence-electron chi connectivity index (χ3n) is 4.80. The highest BCUT2D eigenvalue weighted by molar-refractivity contribution is 6.42. The number of benzene rings is 2. The van der Waals surface area contributed by atoms with Gasteiger partial charge in [0.05, 0.1) is 15.8 Å². The van der Waals surface area contributed by atoms with Crippen molar-refractivity contribution in [3.05, 3.63) is 63.6 Å². The fourth-order valence-corrected chi connectivity index (χ4v) is 3.43. The van der Waals surface area contributed by atoms with Gasteiger partial charge in [0.2, 0.25) is 5.91 Å². The fourth-order valence-electron chi connectivity index (χ4n) is 3.13. The predicted molar refractivity (Wildman–Crippen MR) is 113 cm³/mol. The maximum Gasteiger partial charge on any atom is 0.271 e. The molecule has 1 saturated carbocycles. The van der Waals surface area contributed by atoms with Crippen molar-refractivity contribution < 1.29 is 9.59 Å². The summed E-state index contributed by atoms with van der Waals surface area (Å²) in [7, 11) is 0. The average molecular weight is 418 g/mol. The van der Waals surface area contributed by atoms with Crippen LogP contribution in [0.1, 0.15) is 48.5 Å². The molecule has 0 aromatic heterocycles. The van der Waals surface area contributed by atoms with Gasteiger partial charge in [-0.05, 0) is 55.7 Å². The zero-order valence-corrected chi connectivity index (χ0v) is 17.0. The molecule has 0 saturated heterocycles. The maximum absolute atomic E-state index is 12.2. The molecule has 3 rings (SSSR count). The Morgan fingerprint density at radius 1 is 0.964 bits per heavy atom. The van der Waals surface area contributed by atoms with Crippen molar-refractivity contribution in [1.29, 1.82) is 0 Å². The second-order valence-electron chi connectivity index (χ2n) is 6.82. The molecule has 1 aliphatic rings. The third kappa shape index (κ3) is 5.12. The number of hydrogen-bond donors (Lipinski definition) is 2. The van der Waals surface area contributed by atoms with Crippen LogP contribution in [0.3, 0.4) is 0 Å². The molecule has 0 bridgehead atoms. The van der Waals surface area contributed by atoms with Crippen molar-refractivity contribution in [1.82, 2.24) is 5.43 Å². The Hall–Kier alpha value is -2.37. The molecule has 2 N–H and O–H groups in total. The highest BCUT2D eigenvalue weighted by atomic mass is 35.5. The minimum Gasteiger partial charge on any atom is -0.326 e. The number of hydrazone groups is 1. The summed E-state index contributed by atoms with van der Waals surface area (Å²) in [5, 5.41) is 7.79. The molecule has 146 valence electrons. The summed E-state index contributed by atoms with van der Waals surface area (Å²) in [6.45, 7) is 1.79. The number of halogens is 2. The predicted octanol–water partition coefficient (Wildman–Crippen LogP) is 5.28. The Morgan fingerprint density at radius 3 is 2.25 bits per heavy atom. The average Bonchev–Trinajstić information content (AvgIpc) is 3.23. The lowest BCUT2D eigenvalue weighted by Crippen LogP contribution is -2.20. The number of nitrogens with zero attached hydrogens (tertiary/aromatic N) is 1. The summed E-state index contributed by atoms with van der Waals surface area (Å²) in [5.74, 6) is -0.164. The van der Waals surface area contributed by atoms with Gasteiger partial charge >= 0.3 is 0 Å². The second kappa shape index (κ2) is 9.22. The number of anilines is 1. The molecule has 0 unspecified atom stereocenters. The number of carbonyl (C=O) groups is 2. The van der Waals surface area contributed by atoms with E-state index in [-0.39, 0.29) is 17.7 Å². The lowest BCUT2D eigenvalue weighted by molar-refractivity contribution is -0.119. The Bertz CT molecular complexity index is 904. The summed E-state index contributed by atoms with van der Waals surface area (Å²) in [6.07, 6.45) is 4.18. The molecule has 1 fully saturated rings. The summed E-state index contributed by atoms with van der Waals surface area (Å²) < 4.78 is 0. The maximum atomic E-state index is 12.2. The number of nitrogens with one attached hydrogen (secondary N) is 2. The highest BCUT2D eigenvalue weighted by Crippen LogP contribution is 2.26. The zero-order valence-electron chi connectivity index (χ0n) is 15.5. The van der Waals surface area contributed by atoms with E-state index in [4.69, 9.17) is 23.2 Å². The molecule has 2 aromatic rings. The fraction of sp³-hybridized carbons (Fsp3) is 0.286. The van der Waals surface area contributed by atoms with Crippen LogP contribution >= 0.6 is 23.2 Å². The van der Waals surface area contributed by atoms with Crippen LogP contribution < -0.4 is 10.7 Å². The molecule has 5 nitrogen and oxygen atoms in total. The first-order chi connectivity index (χ1) is 13.4. The van der Waals surface area contributed by atoms with Gasteiger partial charge in [0.15, 0.2) is 0 Å². The number of rotatable bonds is 5. The standard InChI is InChI=1S/C21H21Cl2N3O2/c1-13(25-26-21(28)16-8-11-18(22)19(23)12-16)14-6-9-17(10-7-14)24-20(27)15-4-2-3-5-15/h6-12,15H,2-5H2,1H3,(H,24,27)(H,26,28)/b25-13-. The topological polar surface area (TPSA) is 70.6 Å². The molecule has 0 aliphatic heterocycles. The van der Waals surface area contributed by atoms with Crippen LogP contribution in [0.2, 0.25) is 10.0 Å². The van der Waals surface area contributed by atoms with Crippen molar-refractivity contribution in [2.45, 2.75) is 32.6 Å². The van der Waals surface area contributed by atoms with Crippen LogP contribution in [-0.2, 0) is 4.79 Å². The first-order valence-electron chi connectivity index (χ1n) is 9.15. The molecule has 7 heteroatoms. The largest absolute Gasteiger partial charge is 0.326 e. The van der Waals surface area contributed by atoms with E-state index in [2.05, 4.69) is 15.8 Å². The monoisotopic (exact) mass is 417 g/mol. The van der Waals surface area contributed by atoms with Crippen LogP contribution in [0.4, 0.5) is 5.69 Å². The van der Waals surface area contributed by atoms with E-state index < -0.39 is 0 Å². The number of hydrogen-bond acceptors (Lipinski definition) is 3. The minimum atomic E-state index is -0.377. The number of amides is 2. The lowest BCUT2D eigenvalue weighted by Gasteiger charge is -2.11. The Balaban J connectivity index is 1.60. The number of carbonyl (C=O) groups excluding carboxylic acids is 2. The molecule has 0 atom stereocenters. The van der Waals surface area contributed by atoms with Crippen LogP contribution in [0, 0.1) is 5.92 Å². The summed E-state index contributed by atoms with van der Waals surface area (Å²) in [4.78, 5) is 24.4. The van der Waals surface area contributed by atoms with Gasteiger partial charge in [0.25, 0.3) is 5.91 Å². The second-order valence-corrected chi connectivity index (χ2v) is 7.63. The Kier molecular flexibility index (Phi) is 6.70. The van der Waals surface area contributed by atoms with Crippen LogP contribution in [0.5, 0.6) is 0 Å². The smallest absolute Gasteiger partial charge is 0.271 e. The quantitative estimate of drug-likeness (QED) is 0.513. The molecule has 0 radical (unpaired) electrons. The van der Waals surface area contributed by atoms with E-state index in [0.717, 1.165) is 36.9 Å². The molecular weight excluding hydrogens is 397 g/mol. The van der Waals surface area contributed by atoms with Crippen molar-refractivity contribution in [3.63, 3.8) is 0 Å². The van der Waals surface area contributed by atoms with E-state index in [1.807, 2.05) is 24.3 Å². The van der Waals surface area contributed by atoms with Crippen LogP contribution in [-0.4, -0.2) is 17.5 Å². The van der Waals surface area contributed by atoms with E-state index in [1.165, 1.54) is 6.07 Å². The van der Waals surface area contributed by atoms with Gasteiger partial charge in [-0.2, -0.15) is 5.10 Å². The van der Waals surface area contributed by atoms with Gasteiger partial charge in [-0.3, -0.25) is 9.59 Å². The van der Waals surface area contributed by atoms with E-state index in [9.17, 15) is 9.59 Å². The SMILES string of the molecule is C/C(=N/NC(=O)c1ccc(Cl)c(Cl)c1)c1ccc(NC(=O)C2CCCC2)cc1. The van der Waals surface area contributed by atoms with E-state index in [0.29, 0.717) is 21.3 Å². The van der Waals surface area contributed by atoms with Crippen molar-refractivity contribution in [2.24, 2.45) is 11.0 Å². The third-order valence-corrected chi connectivity index (χ3v) is 5.54.